The van der Waals surface area contributed by atoms with Gasteiger partial charge in [0.2, 0.25) is 0 Å². The Hall–Kier alpha value is -2.21. The predicted molar refractivity (Wildman–Crippen MR) is 90.2 cm³/mol. The second-order valence-electron chi connectivity index (χ2n) is 4.93. The van der Waals surface area contributed by atoms with Crippen LogP contribution in [0.25, 0.3) is 10.2 Å². The van der Waals surface area contributed by atoms with Gasteiger partial charge < -0.3 is 10.4 Å². The Balaban J connectivity index is 2.06. The number of nitrogens with one attached hydrogen (secondary N) is 2. The highest BCUT2D eigenvalue weighted by atomic mass is 32.1. The number of aromatic nitrogens is 2. The Labute approximate surface area is 148 Å². The molecule has 3 rings (SSSR count). The van der Waals surface area contributed by atoms with E-state index in [4.69, 9.17) is 9.94 Å². The fraction of sp³-hybridized carbons (Fsp3) is 0.214. The highest BCUT2D eigenvalue weighted by molar-refractivity contribution is 7.13. The number of carbonyl (C=O) groups is 1. The number of nitrogens with zero attached hydrogens (tertiary/aromatic N) is 2. The minimum absolute atomic E-state index is 0.0198. The molecule has 0 spiro atoms. The molecule has 1 aromatic carbocycles. The number of aliphatic hydroxyl groups excluding tert-OH is 1. The van der Waals surface area contributed by atoms with Crippen LogP contribution in [0.3, 0.4) is 0 Å². The normalized spacial score (nSPS) is 11.0. The number of hydrogen-bond donors (Lipinski definition) is 3. The molecule has 0 bridgehead atoms. The van der Waals surface area contributed by atoms with E-state index in [-0.39, 0.29) is 35.7 Å². The highest BCUT2D eigenvalue weighted by Gasteiger charge is 2.23. The molecule has 7 nitrogen and oxygen atoms in total. The lowest BCUT2D eigenvalue weighted by Crippen LogP contribution is -2.26. The lowest BCUT2D eigenvalue weighted by Gasteiger charge is -2.13. The number of amides is 1. The highest BCUT2D eigenvalue weighted by Crippen LogP contribution is 2.35. The van der Waals surface area contributed by atoms with Crippen LogP contribution < -0.4 is 10.8 Å². The molecule has 3 N–H and O–H groups in total. The van der Waals surface area contributed by atoms with E-state index in [0.29, 0.717) is 10.3 Å². The van der Waals surface area contributed by atoms with E-state index in [0.717, 1.165) is 22.9 Å². The number of rotatable bonds is 6. The van der Waals surface area contributed by atoms with Crippen molar-refractivity contribution in [2.75, 3.05) is 18.5 Å². The zero-order chi connectivity index (χ0) is 18.0. The van der Waals surface area contributed by atoms with Gasteiger partial charge in [-0.25, -0.2) is 9.87 Å². The number of carbonyl (C=O) groups excluding carboxylic acids is 1. The van der Waals surface area contributed by atoms with Gasteiger partial charge in [0.25, 0.3) is 5.91 Å². The van der Waals surface area contributed by atoms with Crippen LogP contribution in [-0.4, -0.2) is 33.8 Å². The largest absolute Gasteiger partial charge is 0.394 e. The van der Waals surface area contributed by atoms with E-state index >= 15 is 0 Å². The SMILES string of the molecule is Cc1csc(F)c1Nc1c(C(=O)NOCCO)cc2snnc2c1F. The second-order valence-corrected chi connectivity index (χ2v) is 6.54. The lowest BCUT2D eigenvalue weighted by molar-refractivity contribution is 0.0169. The summed E-state index contributed by atoms with van der Waals surface area (Å²) in [6.07, 6.45) is 0. The smallest absolute Gasteiger partial charge is 0.277 e. The summed E-state index contributed by atoms with van der Waals surface area (Å²) in [4.78, 5) is 17.1. The third-order valence-electron chi connectivity index (χ3n) is 3.27. The Bertz CT molecular complexity index is 909. The van der Waals surface area contributed by atoms with Crippen LogP contribution in [0.4, 0.5) is 20.2 Å². The molecular formula is C14H12F2N4O3S2. The number of thiophene rings is 1. The third kappa shape index (κ3) is 3.44. The first-order chi connectivity index (χ1) is 12.0. The van der Waals surface area contributed by atoms with Crippen LogP contribution in [-0.2, 0) is 4.84 Å². The Morgan fingerprint density at radius 1 is 1.40 bits per heavy atom. The first-order valence-corrected chi connectivity index (χ1v) is 8.66. The average Bonchev–Trinajstić information content (AvgIpc) is 3.18. The quantitative estimate of drug-likeness (QED) is 0.445. The van der Waals surface area contributed by atoms with Gasteiger partial charge in [-0.2, -0.15) is 4.39 Å². The van der Waals surface area contributed by atoms with Crippen LogP contribution in [0.15, 0.2) is 11.4 Å². The molecule has 0 unspecified atom stereocenters. The Morgan fingerprint density at radius 3 is 2.88 bits per heavy atom. The molecule has 1 amide bonds. The number of benzene rings is 1. The van der Waals surface area contributed by atoms with Gasteiger partial charge in [-0.05, 0) is 35.5 Å². The molecule has 0 saturated carbocycles. The summed E-state index contributed by atoms with van der Waals surface area (Å²) >= 11 is 1.78. The monoisotopic (exact) mass is 386 g/mol. The third-order valence-corrected chi connectivity index (χ3v) is 4.82. The summed E-state index contributed by atoms with van der Waals surface area (Å²) in [7, 11) is 0. The van der Waals surface area contributed by atoms with Crippen molar-refractivity contribution in [3.8, 4) is 0 Å². The number of aryl methyl sites for hydroxylation is 1. The van der Waals surface area contributed by atoms with Crippen LogP contribution >= 0.6 is 22.9 Å². The van der Waals surface area contributed by atoms with Gasteiger partial charge in [0.05, 0.1) is 34.9 Å². The topological polar surface area (TPSA) is 96.4 Å². The zero-order valence-corrected chi connectivity index (χ0v) is 14.4. The van der Waals surface area contributed by atoms with Gasteiger partial charge in [0, 0.05) is 0 Å². The van der Waals surface area contributed by atoms with E-state index in [1.807, 2.05) is 0 Å². The lowest BCUT2D eigenvalue weighted by atomic mass is 10.1. The van der Waals surface area contributed by atoms with E-state index in [1.165, 1.54) is 6.07 Å². The molecule has 2 heterocycles. The van der Waals surface area contributed by atoms with Gasteiger partial charge in [0.15, 0.2) is 10.9 Å². The van der Waals surface area contributed by atoms with Gasteiger partial charge in [-0.3, -0.25) is 9.63 Å². The van der Waals surface area contributed by atoms with Crippen LogP contribution in [0.1, 0.15) is 15.9 Å². The standard InChI is InChI=1S/C14H12F2N4O3S2/c1-6-5-24-13(16)10(6)17-11-7(14(22)19-23-3-2-21)4-8-12(9(11)15)18-20-25-8/h4-5,17,21H,2-3H2,1H3,(H,19,22). The molecule has 0 radical (unpaired) electrons. The fourth-order valence-corrected chi connectivity index (χ4v) is 3.41. The second kappa shape index (κ2) is 7.35. The van der Waals surface area contributed by atoms with Gasteiger partial charge in [0.1, 0.15) is 5.52 Å². The first kappa shape index (κ1) is 17.6. The van der Waals surface area contributed by atoms with E-state index in [1.54, 1.807) is 12.3 Å². The van der Waals surface area contributed by atoms with Crippen molar-refractivity contribution < 1.29 is 23.5 Å². The summed E-state index contributed by atoms with van der Waals surface area (Å²) in [6.45, 7) is 1.24. The van der Waals surface area contributed by atoms with Crippen LogP contribution in [0.5, 0.6) is 0 Å². The summed E-state index contributed by atoms with van der Waals surface area (Å²) in [5.41, 5.74) is 2.40. The van der Waals surface area contributed by atoms with Crippen molar-refractivity contribution in [3.05, 3.63) is 33.5 Å². The van der Waals surface area contributed by atoms with E-state index in [2.05, 4.69) is 20.4 Å². The first-order valence-electron chi connectivity index (χ1n) is 7.01. The molecule has 0 aliphatic heterocycles. The minimum Gasteiger partial charge on any atom is -0.394 e. The van der Waals surface area contributed by atoms with Gasteiger partial charge in [-0.1, -0.05) is 4.49 Å². The molecule has 0 aliphatic rings. The Morgan fingerprint density at radius 2 is 2.20 bits per heavy atom. The molecule has 132 valence electrons. The molecule has 0 aliphatic carbocycles. The zero-order valence-electron chi connectivity index (χ0n) is 12.8. The molecule has 0 fully saturated rings. The summed E-state index contributed by atoms with van der Waals surface area (Å²) < 4.78 is 32.8. The van der Waals surface area contributed by atoms with Crippen LogP contribution in [0, 0.1) is 17.9 Å². The minimum atomic E-state index is -0.816. The van der Waals surface area contributed by atoms with Crippen molar-refractivity contribution in [2.45, 2.75) is 6.92 Å². The van der Waals surface area contributed by atoms with Crippen molar-refractivity contribution in [1.29, 1.82) is 0 Å². The van der Waals surface area contributed by atoms with Crippen molar-refractivity contribution in [2.24, 2.45) is 0 Å². The number of fused-ring (bicyclic) bond motifs is 1. The maximum Gasteiger partial charge on any atom is 0.277 e. The van der Waals surface area contributed by atoms with Crippen molar-refractivity contribution in [1.82, 2.24) is 15.1 Å². The maximum absolute atomic E-state index is 14.8. The van der Waals surface area contributed by atoms with Crippen molar-refractivity contribution >= 4 is 50.4 Å². The molecule has 3 aromatic rings. The molecular weight excluding hydrogens is 374 g/mol. The fourth-order valence-electron chi connectivity index (χ4n) is 2.09. The van der Waals surface area contributed by atoms with Crippen molar-refractivity contribution in [3.63, 3.8) is 0 Å². The summed E-state index contributed by atoms with van der Waals surface area (Å²) in [5.74, 6) is -1.57. The molecule has 0 atom stereocenters. The number of halogens is 2. The molecule has 0 saturated heterocycles. The molecule has 11 heteroatoms. The number of hydroxylamine groups is 1. The molecule has 2 aromatic heterocycles. The predicted octanol–water partition coefficient (Wildman–Crippen LogP) is 2.74. The number of aliphatic hydroxyl groups is 1. The summed E-state index contributed by atoms with van der Waals surface area (Å²) in [5, 5.41) is 16.1. The van der Waals surface area contributed by atoms with Gasteiger partial charge in [-0.15, -0.1) is 16.4 Å². The maximum atomic E-state index is 14.8. The van der Waals surface area contributed by atoms with E-state index < -0.39 is 16.9 Å². The number of anilines is 2. The van der Waals surface area contributed by atoms with Gasteiger partial charge >= 0.3 is 0 Å². The average molecular weight is 386 g/mol. The van der Waals surface area contributed by atoms with E-state index in [9.17, 15) is 13.6 Å². The Kier molecular flexibility index (Phi) is 5.18. The summed E-state index contributed by atoms with van der Waals surface area (Å²) in [6, 6.07) is 1.39. The number of hydrogen-bond acceptors (Lipinski definition) is 8. The van der Waals surface area contributed by atoms with Crippen LogP contribution in [0.2, 0.25) is 0 Å². The molecule has 25 heavy (non-hydrogen) atoms.